The fourth-order valence-electron chi connectivity index (χ4n) is 3.65. The van der Waals surface area contributed by atoms with Crippen molar-refractivity contribution < 1.29 is 9.84 Å². The number of hydrogen-bond donors (Lipinski definition) is 2. The zero-order valence-corrected chi connectivity index (χ0v) is 17.1. The van der Waals surface area contributed by atoms with Gasteiger partial charge in [0, 0.05) is 30.4 Å². The molecule has 0 bridgehead atoms. The lowest BCUT2D eigenvalue weighted by molar-refractivity contribution is 0.145. The highest BCUT2D eigenvalue weighted by Crippen LogP contribution is 2.31. The monoisotopic (exact) mass is 423 g/mol. The van der Waals surface area contributed by atoms with Gasteiger partial charge < -0.3 is 20.1 Å². The van der Waals surface area contributed by atoms with Crippen molar-refractivity contribution in [2.75, 3.05) is 29.4 Å². The van der Waals surface area contributed by atoms with Crippen LogP contribution >= 0.6 is 11.6 Å². The maximum absolute atomic E-state index is 9.81. The first kappa shape index (κ1) is 20.2. The molecule has 2 N–H and O–H groups in total. The van der Waals surface area contributed by atoms with Crippen molar-refractivity contribution in [1.29, 1.82) is 5.26 Å². The van der Waals surface area contributed by atoms with E-state index in [2.05, 4.69) is 26.5 Å². The van der Waals surface area contributed by atoms with E-state index in [1.165, 1.54) is 0 Å². The highest BCUT2D eigenvalue weighted by molar-refractivity contribution is 6.17. The summed E-state index contributed by atoms with van der Waals surface area (Å²) in [6.45, 7) is 1.98. The summed E-state index contributed by atoms with van der Waals surface area (Å²) in [6, 6.07) is 15.5. The summed E-state index contributed by atoms with van der Waals surface area (Å²) in [5.74, 6) is 2.10. The van der Waals surface area contributed by atoms with Gasteiger partial charge in [0.15, 0.2) is 17.7 Å². The number of aliphatic hydroxyl groups is 1. The Kier molecular flexibility index (Phi) is 6.17. The number of aromatic nitrogens is 2. The van der Waals surface area contributed by atoms with Gasteiger partial charge in [0.25, 0.3) is 0 Å². The predicted molar refractivity (Wildman–Crippen MR) is 117 cm³/mol. The van der Waals surface area contributed by atoms with Gasteiger partial charge in [-0.25, -0.2) is 0 Å². The molecular weight excluding hydrogens is 402 g/mol. The van der Waals surface area contributed by atoms with Gasteiger partial charge in [0.2, 0.25) is 0 Å². The van der Waals surface area contributed by atoms with Crippen molar-refractivity contribution in [3.05, 3.63) is 53.6 Å². The number of halogens is 1. The van der Waals surface area contributed by atoms with E-state index < -0.39 is 0 Å². The molecule has 1 fully saturated rings. The average molecular weight is 424 g/mol. The zero-order chi connectivity index (χ0) is 20.9. The van der Waals surface area contributed by atoms with Crippen molar-refractivity contribution in [3.8, 4) is 11.8 Å². The van der Waals surface area contributed by atoms with Gasteiger partial charge in [-0.2, -0.15) is 5.26 Å². The fraction of sp³-hybridized carbons (Fsp3) is 0.318. The normalized spacial score (nSPS) is 14.5. The minimum Gasteiger partial charge on any atom is -0.478 e. The van der Waals surface area contributed by atoms with Crippen molar-refractivity contribution in [1.82, 2.24) is 10.2 Å². The molecule has 1 aliphatic rings. The number of fused-ring (bicyclic) bond motifs is 1. The first-order chi connectivity index (χ1) is 14.7. The second kappa shape index (κ2) is 9.16. The van der Waals surface area contributed by atoms with E-state index >= 15 is 0 Å². The van der Waals surface area contributed by atoms with Gasteiger partial charge in [-0.3, -0.25) is 0 Å². The summed E-state index contributed by atoms with van der Waals surface area (Å²) in [7, 11) is 0. The zero-order valence-electron chi connectivity index (χ0n) is 16.4. The van der Waals surface area contributed by atoms with Crippen LogP contribution in [0, 0.1) is 11.3 Å². The molecule has 1 saturated heterocycles. The average Bonchev–Trinajstić information content (AvgIpc) is 2.78. The van der Waals surface area contributed by atoms with Crippen LogP contribution in [0.5, 0.6) is 5.75 Å². The van der Waals surface area contributed by atoms with E-state index in [1.807, 2.05) is 36.4 Å². The van der Waals surface area contributed by atoms with Crippen LogP contribution in [-0.4, -0.2) is 40.6 Å². The number of piperidine rings is 1. The lowest BCUT2D eigenvalue weighted by Gasteiger charge is -2.31. The van der Waals surface area contributed by atoms with Crippen LogP contribution in [0.3, 0.4) is 0 Å². The van der Waals surface area contributed by atoms with Crippen LogP contribution in [0.2, 0.25) is 0 Å². The summed E-state index contributed by atoms with van der Waals surface area (Å²) in [5, 5.41) is 33.2. The van der Waals surface area contributed by atoms with Crippen LogP contribution in [0.25, 0.3) is 10.8 Å². The largest absolute Gasteiger partial charge is 0.478 e. The number of anilines is 2. The predicted octanol–water partition coefficient (Wildman–Crippen LogP) is 3.65. The number of nitrogens with zero attached hydrogens (tertiary/aromatic N) is 4. The number of benzene rings is 2. The Balaban J connectivity index is 1.64. The summed E-state index contributed by atoms with van der Waals surface area (Å²) in [5.41, 5.74) is 1.58. The Hall–Kier alpha value is -3.08. The number of nitriles is 1. The molecule has 2 aromatic carbocycles. The van der Waals surface area contributed by atoms with E-state index in [-0.39, 0.29) is 12.2 Å². The third-order valence-corrected chi connectivity index (χ3v) is 5.34. The molecule has 1 aromatic heterocycles. The Labute approximate surface area is 179 Å². The maximum Gasteiger partial charge on any atom is 0.162 e. The lowest BCUT2D eigenvalue weighted by Crippen LogP contribution is -2.36. The van der Waals surface area contributed by atoms with Gasteiger partial charge in [0.05, 0.1) is 17.7 Å². The van der Waals surface area contributed by atoms with Crippen LogP contribution in [0.4, 0.5) is 11.6 Å². The van der Waals surface area contributed by atoms with Crippen LogP contribution < -0.4 is 15.0 Å². The van der Waals surface area contributed by atoms with Gasteiger partial charge >= 0.3 is 0 Å². The molecule has 0 unspecified atom stereocenters. The summed E-state index contributed by atoms with van der Waals surface area (Å²) < 4.78 is 5.34. The Morgan fingerprint density at radius 2 is 2.00 bits per heavy atom. The first-order valence-corrected chi connectivity index (χ1v) is 10.4. The third kappa shape index (κ3) is 4.40. The van der Waals surface area contributed by atoms with Crippen molar-refractivity contribution in [3.63, 3.8) is 0 Å². The van der Waals surface area contributed by atoms with E-state index in [9.17, 15) is 10.4 Å². The van der Waals surface area contributed by atoms with Crippen LogP contribution in [0.1, 0.15) is 24.0 Å². The molecule has 2 heterocycles. The molecule has 154 valence electrons. The molecule has 0 saturated carbocycles. The molecule has 0 amide bonds. The molecule has 1 aliphatic heterocycles. The number of aliphatic hydroxyl groups excluding tert-OH is 1. The number of rotatable bonds is 6. The smallest absolute Gasteiger partial charge is 0.162 e. The second-order valence-corrected chi connectivity index (χ2v) is 7.44. The Morgan fingerprint density at radius 1 is 1.17 bits per heavy atom. The standard InChI is InChI=1S/C22H22ClN5O2/c23-14-30-18-3-1-2-16(10-18)13-25-21-20-11-15(12-24)4-5-19(20)22(27-26-21)28-8-6-17(29)7-9-28/h1-5,10-11,17,29H,6-9,13-14H2,(H,25,26). The number of ether oxygens (including phenoxy) is 1. The molecule has 4 rings (SSSR count). The molecule has 8 heteroatoms. The SMILES string of the molecule is N#Cc1ccc2c(N3CCC(O)CC3)nnc(NCc3cccc(OCCl)c3)c2c1. The molecule has 7 nitrogen and oxygen atoms in total. The minimum absolute atomic E-state index is 0.0962. The molecule has 0 aliphatic carbocycles. The number of alkyl halides is 1. The summed E-state index contributed by atoms with van der Waals surface area (Å²) in [4.78, 5) is 2.14. The number of hydrogen-bond acceptors (Lipinski definition) is 7. The van der Waals surface area contributed by atoms with Gasteiger partial charge in [-0.1, -0.05) is 23.7 Å². The third-order valence-electron chi connectivity index (χ3n) is 5.23. The molecular formula is C22H22ClN5O2. The van der Waals surface area contributed by atoms with Gasteiger partial charge in [0.1, 0.15) is 5.75 Å². The van der Waals surface area contributed by atoms with Crippen molar-refractivity contribution >= 4 is 34.0 Å². The second-order valence-electron chi connectivity index (χ2n) is 7.22. The van der Waals surface area contributed by atoms with Crippen molar-refractivity contribution in [2.24, 2.45) is 0 Å². The quantitative estimate of drug-likeness (QED) is 0.584. The molecule has 3 aromatic rings. The molecule has 0 atom stereocenters. The molecule has 0 radical (unpaired) electrons. The van der Waals surface area contributed by atoms with E-state index in [1.54, 1.807) is 6.07 Å². The first-order valence-electron chi connectivity index (χ1n) is 9.83. The van der Waals surface area contributed by atoms with Crippen molar-refractivity contribution in [2.45, 2.75) is 25.5 Å². The minimum atomic E-state index is -0.259. The maximum atomic E-state index is 9.81. The highest BCUT2D eigenvalue weighted by atomic mass is 35.5. The van der Waals surface area contributed by atoms with E-state index in [0.29, 0.717) is 36.5 Å². The fourth-order valence-corrected chi connectivity index (χ4v) is 3.77. The van der Waals surface area contributed by atoms with Gasteiger partial charge in [-0.05, 0) is 48.7 Å². The van der Waals surface area contributed by atoms with E-state index in [4.69, 9.17) is 16.3 Å². The summed E-state index contributed by atoms with van der Waals surface area (Å²) >= 11 is 5.64. The molecule has 0 spiro atoms. The Morgan fingerprint density at radius 3 is 2.77 bits per heavy atom. The highest BCUT2D eigenvalue weighted by Gasteiger charge is 2.21. The van der Waals surface area contributed by atoms with Gasteiger partial charge in [-0.15, -0.1) is 10.2 Å². The topological polar surface area (TPSA) is 94.3 Å². The van der Waals surface area contributed by atoms with E-state index in [0.717, 1.165) is 35.2 Å². The van der Waals surface area contributed by atoms with Crippen LogP contribution in [-0.2, 0) is 6.54 Å². The van der Waals surface area contributed by atoms with Crippen LogP contribution in [0.15, 0.2) is 42.5 Å². The molecule has 30 heavy (non-hydrogen) atoms. The summed E-state index contributed by atoms with van der Waals surface area (Å²) in [6.07, 6.45) is 1.16. The number of nitrogens with one attached hydrogen (secondary N) is 1. The lowest BCUT2D eigenvalue weighted by atomic mass is 10.1. The Bertz CT molecular complexity index is 1080.